The van der Waals surface area contributed by atoms with E-state index in [1.54, 1.807) is 11.9 Å². The molecule has 0 saturated heterocycles. The third-order valence-electron chi connectivity index (χ3n) is 7.08. The summed E-state index contributed by atoms with van der Waals surface area (Å²) >= 11 is 0. The number of hydrogen-bond acceptors (Lipinski definition) is 4. The van der Waals surface area contributed by atoms with Crippen molar-refractivity contribution in [2.24, 2.45) is 11.8 Å². The third-order valence-corrected chi connectivity index (χ3v) is 7.08. The lowest BCUT2D eigenvalue weighted by molar-refractivity contribution is -0.151. The molecule has 0 aromatic heterocycles. The number of aliphatic hydroxyl groups is 1. The van der Waals surface area contributed by atoms with Gasteiger partial charge in [-0.15, -0.1) is 0 Å². The van der Waals surface area contributed by atoms with Crippen molar-refractivity contribution in [3.63, 3.8) is 0 Å². The predicted molar refractivity (Wildman–Crippen MR) is 147 cm³/mol. The first kappa shape index (κ1) is 34.4. The summed E-state index contributed by atoms with van der Waals surface area (Å²) < 4.78 is 0. The highest BCUT2D eigenvalue weighted by molar-refractivity contribution is 5.84. The lowest BCUT2D eigenvalue weighted by Crippen LogP contribution is -2.41. The smallest absolute Gasteiger partial charge is 0.307 e. The highest BCUT2D eigenvalue weighted by Crippen LogP contribution is 2.31. The molecular formula is C29H56N2O5. The van der Waals surface area contributed by atoms with E-state index < -0.39 is 11.9 Å². The van der Waals surface area contributed by atoms with Crippen LogP contribution in [0.1, 0.15) is 124 Å². The quantitative estimate of drug-likeness (QED) is 0.237. The molecule has 36 heavy (non-hydrogen) atoms. The third kappa shape index (κ3) is 16.2. The van der Waals surface area contributed by atoms with Crippen molar-refractivity contribution in [2.45, 2.75) is 130 Å². The molecule has 0 aromatic rings. The van der Waals surface area contributed by atoms with E-state index in [2.05, 4.69) is 6.92 Å². The minimum Gasteiger partial charge on any atom is -0.481 e. The van der Waals surface area contributed by atoms with Crippen molar-refractivity contribution in [2.75, 3.05) is 27.2 Å². The molecule has 0 radical (unpaired) electrons. The molecule has 3 unspecified atom stereocenters. The molecule has 2 N–H and O–H groups in total. The first-order chi connectivity index (χ1) is 17.1. The van der Waals surface area contributed by atoms with Gasteiger partial charge in [-0.1, -0.05) is 71.6 Å². The van der Waals surface area contributed by atoms with Crippen LogP contribution in [0.4, 0.5) is 0 Å². The van der Waals surface area contributed by atoms with E-state index >= 15 is 0 Å². The zero-order valence-electron chi connectivity index (χ0n) is 24.0. The Hall–Kier alpha value is -1.63. The fraction of sp³-hybridized carbons (Fsp3) is 0.897. The van der Waals surface area contributed by atoms with Gasteiger partial charge in [0.05, 0.1) is 17.9 Å². The number of aliphatic hydroxyl groups excluding tert-OH is 1. The number of unbranched alkanes of at least 4 members (excludes halogenated alkanes) is 7. The Morgan fingerprint density at radius 2 is 1.25 bits per heavy atom. The highest BCUT2D eigenvalue weighted by atomic mass is 16.4. The molecule has 0 spiro atoms. The maximum atomic E-state index is 12.1. The maximum absolute atomic E-state index is 12.1. The van der Waals surface area contributed by atoms with Crippen molar-refractivity contribution in [1.82, 2.24) is 9.80 Å². The molecule has 1 aliphatic rings. The summed E-state index contributed by atoms with van der Waals surface area (Å²) in [5.74, 6) is -1.29. The van der Waals surface area contributed by atoms with Crippen LogP contribution in [0.5, 0.6) is 0 Å². The van der Waals surface area contributed by atoms with Crippen molar-refractivity contribution >= 4 is 17.8 Å². The Labute approximate surface area is 221 Å². The fourth-order valence-electron chi connectivity index (χ4n) is 4.88. The molecule has 1 fully saturated rings. The summed E-state index contributed by atoms with van der Waals surface area (Å²) in [6.45, 7) is 7.57. The molecule has 0 bridgehead atoms. The van der Waals surface area contributed by atoms with Gasteiger partial charge in [0.2, 0.25) is 11.8 Å². The molecule has 0 heterocycles. The van der Waals surface area contributed by atoms with Crippen molar-refractivity contribution in [3.05, 3.63) is 0 Å². The lowest BCUT2D eigenvalue weighted by atomic mass is 9.78. The monoisotopic (exact) mass is 512 g/mol. The Kier molecular flexibility index (Phi) is 20.5. The minimum absolute atomic E-state index is 0.00829. The fourth-order valence-corrected chi connectivity index (χ4v) is 4.88. The van der Waals surface area contributed by atoms with E-state index in [0.717, 1.165) is 57.9 Å². The molecule has 1 rings (SSSR count). The summed E-state index contributed by atoms with van der Waals surface area (Å²) in [4.78, 5) is 38.4. The summed E-state index contributed by atoms with van der Waals surface area (Å²) in [5.41, 5.74) is 0. The van der Waals surface area contributed by atoms with E-state index in [1.165, 1.54) is 38.5 Å². The number of aliphatic carboxylic acids is 1. The Morgan fingerprint density at radius 3 is 1.75 bits per heavy atom. The SMILES string of the molecule is CCCN(C)C(=O)C1CCCCC1C(=O)O.CCCN(C)C(=O)CCCCCCCCCCC(C)O. The number of carbonyl (C=O) groups excluding carboxylic acids is 2. The van der Waals surface area contributed by atoms with E-state index in [1.807, 2.05) is 25.8 Å². The van der Waals surface area contributed by atoms with Crippen LogP contribution in [0, 0.1) is 11.8 Å². The van der Waals surface area contributed by atoms with Crippen LogP contribution in [0.2, 0.25) is 0 Å². The van der Waals surface area contributed by atoms with Gasteiger partial charge >= 0.3 is 5.97 Å². The van der Waals surface area contributed by atoms with Crippen molar-refractivity contribution in [1.29, 1.82) is 0 Å². The molecule has 1 aliphatic carbocycles. The van der Waals surface area contributed by atoms with E-state index in [-0.39, 0.29) is 17.9 Å². The molecule has 212 valence electrons. The van der Waals surface area contributed by atoms with Gasteiger partial charge in [-0.2, -0.15) is 0 Å². The number of rotatable bonds is 17. The first-order valence-corrected chi connectivity index (χ1v) is 14.5. The number of amides is 2. The van der Waals surface area contributed by atoms with E-state index in [4.69, 9.17) is 10.2 Å². The summed E-state index contributed by atoms with van der Waals surface area (Å²) in [5, 5.41) is 18.2. The topological polar surface area (TPSA) is 98.2 Å². The maximum Gasteiger partial charge on any atom is 0.307 e. The zero-order chi connectivity index (χ0) is 27.3. The van der Waals surface area contributed by atoms with Gasteiger partial charge in [0.1, 0.15) is 0 Å². The molecule has 7 nitrogen and oxygen atoms in total. The predicted octanol–water partition coefficient (Wildman–Crippen LogP) is 5.88. The normalized spacial score (nSPS) is 18.1. The summed E-state index contributed by atoms with van der Waals surface area (Å²) in [6.07, 6.45) is 16.5. The number of carboxylic acids is 1. The van der Waals surface area contributed by atoms with Crippen LogP contribution in [0.3, 0.4) is 0 Å². The summed E-state index contributed by atoms with van der Waals surface area (Å²) in [7, 11) is 3.67. The number of hydrogen-bond donors (Lipinski definition) is 2. The molecule has 0 aromatic carbocycles. The minimum atomic E-state index is -0.817. The van der Waals surface area contributed by atoms with E-state index in [0.29, 0.717) is 25.3 Å². The van der Waals surface area contributed by atoms with Gasteiger partial charge in [0.25, 0.3) is 0 Å². The van der Waals surface area contributed by atoms with Gasteiger partial charge in [0.15, 0.2) is 0 Å². The first-order valence-electron chi connectivity index (χ1n) is 14.5. The van der Waals surface area contributed by atoms with E-state index in [9.17, 15) is 14.4 Å². The molecular weight excluding hydrogens is 456 g/mol. The Morgan fingerprint density at radius 1 is 0.778 bits per heavy atom. The second-order valence-corrected chi connectivity index (χ2v) is 10.6. The average molecular weight is 513 g/mol. The van der Waals surface area contributed by atoms with Crippen LogP contribution in [0.15, 0.2) is 0 Å². The van der Waals surface area contributed by atoms with Crippen molar-refractivity contribution in [3.8, 4) is 0 Å². The van der Waals surface area contributed by atoms with Gasteiger partial charge in [-0.25, -0.2) is 0 Å². The van der Waals surface area contributed by atoms with Crippen molar-refractivity contribution < 1.29 is 24.6 Å². The second-order valence-electron chi connectivity index (χ2n) is 10.6. The molecule has 3 atom stereocenters. The molecule has 0 aliphatic heterocycles. The van der Waals surface area contributed by atoms with Crippen LogP contribution in [-0.2, 0) is 14.4 Å². The van der Waals surface area contributed by atoms with Crippen LogP contribution < -0.4 is 0 Å². The Bertz CT molecular complexity index is 596. The molecule has 1 saturated carbocycles. The number of carbonyl (C=O) groups is 3. The number of carboxylic acid groups (broad SMARTS) is 1. The zero-order valence-corrected chi connectivity index (χ0v) is 24.0. The lowest BCUT2D eigenvalue weighted by Gasteiger charge is -2.30. The largest absolute Gasteiger partial charge is 0.481 e. The van der Waals surface area contributed by atoms with Crippen LogP contribution in [0.25, 0.3) is 0 Å². The number of nitrogens with zero attached hydrogens (tertiary/aromatic N) is 2. The van der Waals surface area contributed by atoms with Gasteiger partial charge in [-0.05, 0) is 45.4 Å². The Balaban J connectivity index is 0.000000696. The van der Waals surface area contributed by atoms with Gasteiger partial charge < -0.3 is 20.0 Å². The second kappa shape index (κ2) is 21.5. The van der Waals surface area contributed by atoms with Crippen LogP contribution in [-0.4, -0.2) is 71.1 Å². The van der Waals surface area contributed by atoms with Gasteiger partial charge in [0, 0.05) is 33.6 Å². The van der Waals surface area contributed by atoms with Crippen LogP contribution >= 0.6 is 0 Å². The summed E-state index contributed by atoms with van der Waals surface area (Å²) in [6, 6.07) is 0. The average Bonchev–Trinajstić information content (AvgIpc) is 2.85. The highest BCUT2D eigenvalue weighted by Gasteiger charge is 2.36. The molecule has 7 heteroatoms. The van der Waals surface area contributed by atoms with Gasteiger partial charge in [-0.3, -0.25) is 14.4 Å². The molecule has 2 amide bonds. The standard InChI is InChI=1S/C17H35NO2.C12H21NO3/c1-4-15-18(3)17(20)14-12-10-8-6-5-7-9-11-13-16(2)19;1-3-8-13(2)11(14)9-6-4-5-7-10(9)12(15)16/h16,19H,4-15H2,1-3H3;9-10H,3-8H2,1-2H3,(H,15,16).